The first-order chi connectivity index (χ1) is 26.0. The second-order valence-electron chi connectivity index (χ2n) is 16.0. The molecule has 2 saturated heterocycles. The van der Waals surface area contributed by atoms with Crippen molar-refractivity contribution in [2.45, 2.75) is 132 Å². The molecule has 0 unspecified atom stereocenters. The number of fused-ring (bicyclic) bond motifs is 4. The number of nitrogens with one attached hydrogen (secondary N) is 3. The molecule has 3 aliphatic heterocycles. The lowest BCUT2D eigenvalue weighted by atomic mass is 9.99. The molecule has 2 aliphatic carbocycles. The van der Waals surface area contributed by atoms with Crippen molar-refractivity contribution in [2.24, 2.45) is 11.8 Å². The summed E-state index contributed by atoms with van der Waals surface area (Å²) in [5, 5.41) is 6.82. The first-order valence-corrected chi connectivity index (χ1v) is 21.3. The van der Waals surface area contributed by atoms with Gasteiger partial charge < -0.3 is 29.7 Å². The molecule has 4 amide bonds. The van der Waals surface area contributed by atoms with E-state index in [0.717, 1.165) is 73.5 Å². The van der Waals surface area contributed by atoms with E-state index in [1.54, 1.807) is 13.3 Å². The fraction of sp³-hybridized carbons (Fsp3) is 0.667. The van der Waals surface area contributed by atoms with Crippen LogP contribution in [0.25, 0.3) is 10.8 Å². The maximum atomic E-state index is 14.5. The number of benzene rings is 1. The summed E-state index contributed by atoms with van der Waals surface area (Å²) >= 11 is 0. The maximum Gasteiger partial charge on any atom is 0.407 e. The van der Waals surface area contributed by atoms with Gasteiger partial charge in [0.15, 0.2) is 0 Å². The zero-order chi connectivity index (χ0) is 38.0. The average molecular weight is 768 g/mol. The first kappa shape index (κ1) is 38.1. The minimum absolute atomic E-state index is 0.0287. The predicted octanol–water partition coefficient (Wildman–Crippen LogP) is 4.28. The van der Waals surface area contributed by atoms with Crippen molar-refractivity contribution in [3.63, 3.8) is 0 Å². The van der Waals surface area contributed by atoms with Crippen molar-refractivity contribution in [3.8, 4) is 11.6 Å². The quantitative estimate of drug-likeness (QED) is 0.406. The summed E-state index contributed by atoms with van der Waals surface area (Å²) < 4.78 is 45.9. The molecule has 1 aromatic heterocycles. The van der Waals surface area contributed by atoms with Crippen LogP contribution in [0.4, 0.5) is 4.79 Å². The fourth-order valence-corrected chi connectivity index (χ4v) is 9.77. The van der Waals surface area contributed by atoms with Gasteiger partial charge in [-0.2, -0.15) is 0 Å². The van der Waals surface area contributed by atoms with E-state index in [0.29, 0.717) is 44.4 Å². The number of carbonyl (C=O) groups excluding carboxylic acids is 4. The molecule has 6 atom stereocenters. The van der Waals surface area contributed by atoms with E-state index >= 15 is 0 Å². The Morgan fingerprint density at radius 1 is 1.02 bits per heavy atom. The van der Waals surface area contributed by atoms with Crippen molar-refractivity contribution in [1.29, 1.82) is 0 Å². The van der Waals surface area contributed by atoms with Gasteiger partial charge in [-0.1, -0.05) is 45.4 Å². The van der Waals surface area contributed by atoms with Crippen molar-refractivity contribution in [2.75, 3.05) is 20.3 Å². The average Bonchev–Trinajstić information content (AvgIpc) is 4.07. The molecule has 3 N–H and O–H groups in total. The molecule has 14 nitrogen and oxygen atoms in total. The van der Waals surface area contributed by atoms with Crippen molar-refractivity contribution in [3.05, 3.63) is 30.0 Å². The van der Waals surface area contributed by atoms with Crippen molar-refractivity contribution < 1.29 is 41.8 Å². The Morgan fingerprint density at radius 3 is 2.56 bits per heavy atom. The highest BCUT2D eigenvalue weighted by Gasteiger charge is 2.62. The SMILES string of the molecule is COc1cc2ccnc3c2cc1CCCC[C@@H](C)COC(=O)N[C@H]1CCCCCCC[C@H]2C[C@@]2(C(=O)NS(=O)(=O)C2CC2)NC(=O)[C@@H]2C[C@H](CN2C1=O)O3. The lowest BCUT2D eigenvalue weighted by molar-refractivity contribution is -0.141. The third-order valence-corrected chi connectivity index (χ3v) is 13.7. The van der Waals surface area contributed by atoms with Gasteiger partial charge in [0.2, 0.25) is 27.7 Å². The molecular formula is C39H53N5O9S. The summed E-state index contributed by atoms with van der Waals surface area (Å²) in [6, 6.07) is 3.88. The monoisotopic (exact) mass is 767 g/mol. The normalized spacial score (nSPS) is 30.2. The zero-order valence-corrected chi connectivity index (χ0v) is 32.1. The minimum Gasteiger partial charge on any atom is -0.496 e. The summed E-state index contributed by atoms with van der Waals surface area (Å²) in [7, 11) is -2.21. The van der Waals surface area contributed by atoms with E-state index < -0.39 is 62.8 Å². The van der Waals surface area contributed by atoms with E-state index in [1.165, 1.54) is 4.90 Å². The molecule has 4 heterocycles. The maximum absolute atomic E-state index is 14.5. The molecule has 294 valence electrons. The Bertz CT molecular complexity index is 1870. The lowest BCUT2D eigenvalue weighted by Gasteiger charge is -2.30. The number of pyridine rings is 1. The summed E-state index contributed by atoms with van der Waals surface area (Å²) in [4.78, 5) is 61.9. The zero-order valence-electron chi connectivity index (χ0n) is 31.3. The first-order valence-electron chi connectivity index (χ1n) is 19.7. The van der Waals surface area contributed by atoms with E-state index in [2.05, 4.69) is 20.3 Å². The van der Waals surface area contributed by atoms with Gasteiger partial charge in [0.05, 0.1) is 25.5 Å². The number of amides is 4. The van der Waals surface area contributed by atoms with Gasteiger partial charge in [0, 0.05) is 18.0 Å². The molecule has 1 aromatic carbocycles. The van der Waals surface area contributed by atoms with E-state index in [1.807, 2.05) is 25.1 Å². The summed E-state index contributed by atoms with van der Waals surface area (Å²) in [5.74, 6) is -0.739. The Labute approximate surface area is 316 Å². The molecule has 0 spiro atoms. The number of aromatic nitrogens is 1. The topological polar surface area (TPSA) is 182 Å². The van der Waals surface area contributed by atoms with E-state index in [4.69, 9.17) is 14.2 Å². The predicted molar refractivity (Wildman–Crippen MR) is 199 cm³/mol. The van der Waals surface area contributed by atoms with Crippen molar-refractivity contribution >= 4 is 44.6 Å². The number of nitrogens with zero attached hydrogens (tertiary/aromatic N) is 2. The lowest BCUT2D eigenvalue weighted by Crippen LogP contribution is -2.58. The van der Waals surface area contributed by atoms with Gasteiger partial charge in [-0.15, -0.1) is 0 Å². The van der Waals surface area contributed by atoms with E-state index in [9.17, 15) is 27.6 Å². The molecule has 2 aromatic rings. The van der Waals surface area contributed by atoms with Gasteiger partial charge >= 0.3 is 6.09 Å². The second-order valence-corrected chi connectivity index (χ2v) is 18.0. The van der Waals surface area contributed by atoms with Crippen LogP contribution in [0.1, 0.15) is 102 Å². The molecule has 0 radical (unpaired) electrons. The molecule has 5 bridgehead atoms. The van der Waals surface area contributed by atoms with Crippen LogP contribution < -0.4 is 24.8 Å². The molecule has 7 rings (SSSR count). The number of carbonyl (C=O) groups is 4. The van der Waals surface area contributed by atoms with Gasteiger partial charge in [0.25, 0.3) is 5.91 Å². The summed E-state index contributed by atoms with van der Waals surface area (Å²) in [5.41, 5.74) is -0.394. The fourth-order valence-electron chi connectivity index (χ4n) is 8.40. The number of methoxy groups -OCH3 is 1. The number of aryl methyl sites for hydroxylation is 1. The Hall–Kier alpha value is -4.14. The van der Waals surface area contributed by atoms with Crippen LogP contribution in [0, 0.1) is 11.8 Å². The highest BCUT2D eigenvalue weighted by molar-refractivity contribution is 7.91. The Balaban J connectivity index is 1.22. The third kappa shape index (κ3) is 8.40. The minimum atomic E-state index is -3.86. The standard InChI is InChI=1S/C39H53N5O9S/c1-24-10-8-9-11-26-18-30-25(19-33(26)51-2)16-17-40-35(30)53-28-20-32-34(45)42-39(37(47)43-54(49,50)29-14-15-29)21-27(39)12-6-4-3-5-7-13-31(36(46)44(32)22-28)41-38(48)52-23-24/h16-19,24,27-29,31-32H,3-15,20-23H2,1-2H3,(H,41,48)(H,42,45)(H,43,47)/t24-,27+,28-,31+,32+,39-/m1/s1. The van der Waals surface area contributed by atoms with Gasteiger partial charge in [0.1, 0.15) is 29.5 Å². The number of sulfonamides is 1. The molecule has 2 saturated carbocycles. The van der Waals surface area contributed by atoms with Crippen LogP contribution in [0.15, 0.2) is 24.4 Å². The van der Waals surface area contributed by atoms with Crippen LogP contribution in [-0.2, 0) is 35.6 Å². The molecule has 54 heavy (non-hydrogen) atoms. The third-order valence-electron chi connectivity index (χ3n) is 11.8. The highest BCUT2D eigenvalue weighted by Crippen LogP contribution is 2.48. The number of cyclic esters (lactones) is 1. The number of hydrogen-bond acceptors (Lipinski definition) is 10. The van der Waals surface area contributed by atoms with Crippen LogP contribution in [-0.4, -0.2) is 91.4 Å². The molecule has 15 heteroatoms. The molecule has 4 fully saturated rings. The van der Waals surface area contributed by atoms with E-state index in [-0.39, 0.29) is 31.4 Å². The molecule has 5 aliphatic rings. The smallest absolute Gasteiger partial charge is 0.407 e. The van der Waals surface area contributed by atoms with Crippen LogP contribution >= 0.6 is 0 Å². The van der Waals surface area contributed by atoms with Crippen molar-refractivity contribution in [1.82, 2.24) is 25.2 Å². The van der Waals surface area contributed by atoms with Gasteiger partial charge in [-0.05, 0) is 92.4 Å². The summed E-state index contributed by atoms with van der Waals surface area (Å²) in [6.07, 6.45) is 10.3. The van der Waals surface area contributed by atoms with Crippen LogP contribution in [0.3, 0.4) is 0 Å². The Kier molecular flexibility index (Phi) is 11.2. The van der Waals surface area contributed by atoms with Gasteiger partial charge in [-0.25, -0.2) is 18.2 Å². The largest absolute Gasteiger partial charge is 0.496 e. The number of alkyl carbamates (subject to hydrolysis) is 1. The second kappa shape index (κ2) is 15.9. The Morgan fingerprint density at radius 2 is 1.78 bits per heavy atom. The number of rotatable bonds is 4. The molecular weight excluding hydrogens is 715 g/mol. The summed E-state index contributed by atoms with van der Waals surface area (Å²) in [6.45, 7) is 2.26. The number of ether oxygens (including phenoxy) is 3. The van der Waals surface area contributed by atoms with Crippen LogP contribution in [0.5, 0.6) is 11.6 Å². The van der Waals surface area contributed by atoms with Crippen LogP contribution in [0.2, 0.25) is 0 Å². The number of hydrogen-bond donors (Lipinski definition) is 3. The highest BCUT2D eigenvalue weighted by atomic mass is 32.2. The van der Waals surface area contributed by atoms with Gasteiger partial charge in [-0.3, -0.25) is 19.1 Å².